The first-order chi connectivity index (χ1) is 9.83. The fourth-order valence-electron chi connectivity index (χ4n) is 2.83. The van der Waals surface area contributed by atoms with Crippen LogP contribution in [0.15, 0.2) is 30.3 Å². The van der Waals surface area contributed by atoms with E-state index in [0.717, 1.165) is 19.5 Å². The average Bonchev–Trinajstić information content (AvgIpc) is 2.85. The SMILES string of the molecule is CCCCCCCCN1C(=O)NCC1c1ccccc1. The van der Waals surface area contributed by atoms with Crippen LogP contribution < -0.4 is 5.32 Å². The molecule has 0 aliphatic carbocycles. The van der Waals surface area contributed by atoms with Crippen LogP contribution in [0.25, 0.3) is 0 Å². The van der Waals surface area contributed by atoms with Crippen LogP contribution in [-0.4, -0.2) is 24.0 Å². The van der Waals surface area contributed by atoms with Crippen molar-refractivity contribution in [1.82, 2.24) is 10.2 Å². The fraction of sp³-hybridized carbons (Fsp3) is 0.588. The molecule has 2 rings (SSSR count). The summed E-state index contributed by atoms with van der Waals surface area (Å²) < 4.78 is 0. The van der Waals surface area contributed by atoms with Crippen LogP contribution in [0, 0.1) is 0 Å². The van der Waals surface area contributed by atoms with Crippen LogP contribution in [0.3, 0.4) is 0 Å². The minimum absolute atomic E-state index is 0.0902. The highest BCUT2D eigenvalue weighted by Gasteiger charge is 2.30. The zero-order valence-electron chi connectivity index (χ0n) is 12.5. The van der Waals surface area contributed by atoms with Gasteiger partial charge in [-0.1, -0.05) is 69.4 Å². The zero-order chi connectivity index (χ0) is 14.2. The maximum Gasteiger partial charge on any atom is 0.318 e. The van der Waals surface area contributed by atoms with E-state index in [9.17, 15) is 4.79 Å². The number of carbonyl (C=O) groups excluding carboxylic acids is 1. The van der Waals surface area contributed by atoms with E-state index >= 15 is 0 Å². The number of carbonyl (C=O) groups is 1. The lowest BCUT2D eigenvalue weighted by molar-refractivity contribution is 0.202. The summed E-state index contributed by atoms with van der Waals surface area (Å²) in [6, 6.07) is 10.6. The highest BCUT2D eigenvalue weighted by molar-refractivity contribution is 5.77. The largest absolute Gasteiger partial charge is 0.336 e. The number of urea groups is 1. The molecule has 1 heterocycles. The van der Waals surface area contributed by atoms with Gasteiger partial charge in [-0.3, -0.25) is 0 Å². The van der Waals surface area contributed by atoms with Gasteiger partial charge in [-0.15, -0.1) is 0 Å². The van der Waals surface area contributed by atoms with Crippen molar-refractivity contribution in [3.8, 4) is 0 Å². The average molecular weight is 274 g/mol. The van der Waals surface area contributed by atoms with Gasteiger partial charge in [0.25, 0.3) is 0 Å². The monoisotopic (exact) mass is 274 g/mol. The zero-order valence-corrected chi connectivity index (χ0v) is 12.5. The Morgan fingerprint density at radius 2 is 1.80 bits per heavy atom. The standard InChI is InChI=1S/C17H26N2O/c1-2-3-4-5-6-10-13-19-16(14-18-17(19)20)15-11-8-7-9-12-15/h7-9,11-12,16H,2-6,10,13-14H2,1H3,(H,18,20). The second kappa shape index (κ2) is 7.93. The number of hydrogen-bond donors (Lipinski definition) is 1. The predicted molar refractivity (Wildman–Crippen MR) is 82.7 cm³/mol. The lowest BCUT2D eigenvalue weighted by atomic mass is 10.1. The molecule has 0 bridgehead atoms. The lowest BCUT2D eigenvalue weighted by Gasteiger charge is -2.23. The van der Waals surface area contributed by atoms with Gasteiger partial charge in [0.05, 0.1) is 6.04 Å². The second-order valence-corrected chi connectivity index (χ2v) is 5.57. The van der Waals surface area contributed by atoms with Crippen molar-refractivity contribution < 1.29 is 4.79 Å². The molecule has 1 aliphatic heterocycles. The number of hydrogen-bond acceptors (Lipinski definition) is 1. The van der Waals surface area contributed by atoms with E-state index in [4.69, 9.17) is 0 Å². The first kappa shape index (κ1) is 14.9. The molecule has 20 heavy (non-hydrogen) atoms. The van der Waals surface area contributed by atoms with Gasteiger partial charge in [-0.05, 0) is 12.0 Å². The van der Waals surface area contributed by atoms with Gasteiger partial charge in [-0.2, -0.15) is 0 Å². The van der Waals surface area contributed by atoms with Gasteiger partial charge < -0.3 is 10.2 Å². The van der Waals surface area contributed by atoms with Crippen LogP contribution in [0.2, 0.25) is 0 Å². The number of unbranched alkanes of at least 4 members (excludes halogenated alkanes) is 5. The maximum atomic E-state index is 11.9. The molecule has 0 aromatic heterocycles. The molecule has 110 valence electrons. The Morgan fingerprint density at radius 3 is 2.55 bits per heavy atom. The van der Waals surface area contributed by atoms with E-state index < -0.39 is 0 Å². The number of nitrogens with one attached hydrogen (secondary N) is 1. The summed E-state index contributed by atoms with van der Waals surface area (Å²) in [4.78, 5) is 13.9. The second-order valence-electron chi connectivity index (χ2n) is 5.57. The third-order valence-electron chi connectivity index (χ3n) is 4.02. The number of rotatable bonds is 8. The summed E-state index contributed by atoms with van der Waals surface area (Å²) in [5.74, 6) is 0. The van der Waals surface area contributed by atoms with E-state index in [1.54, 1.807) is 0 Å². The Balaban J connectivity index is 1.80. The van der Waals surface area contributed by atoms with Crippen LogP contribution in [-0.2, 0) is 0 Å². The highest BCUT2D eigenvalue weighted by atomic mass is 16.2. The molecule has 1 saturated heterocycles. The number of benzene rings is 1. The lowest BCUT2D eigenvalue weighted by Crippen LogP contribution is -2.30. The number of amides is 2. The van der Waals surface area contributed by atoms with E-state index in [2.05, 4.69) is 24.4 Å². The van der Waals surface area contributed by atoms with Crippen molar-refractivity contribution in [1.29, 1.82) is 0 Å². The molecule has 1 aliphatic rings. The van der Waals surface area contributed by atoms with E-state index in [-0.39, 0.29) is 12.1 Å². The van der Waals surface area contributed by atoms with Gasteiger partial charge in [0.1, 0.15) is 0 Å². The van der Waals surface area contributed by atoms with Crippen LogP contribution in [0.4, 0.5) is 4.79 Å². The van der Waals surface area contributed by atoms with Gasteiger partial charge >= 0.3 is 6.03 Å². The topological polar surface area (TPSA) is 32.3 Å². The predicted octanol–water partition coefficient (Wildman–Crippen LogP) is 4.11. The Morgan fingerprint density at radius 1 is 1.10 bits per heavy atom. The first-order valence-electron chi connectivity index (χ1n) is 7.92. The number of nitrogens with zero attached hydrogens (tertiary/aromatic N) is 1. The molecule has 1 fully saturated rings. The molecule has 1 aromatic carbocycles. The van der Waals surface area contributed by atoms with Crippen molar-refractivity contribution in [3.05, 3.63) is 35.9 Å². The third kappa shape index (κ3) is 3.99. The molecule has 1 N–H and O–H groups in total. The Kier molecular flexibility index (Phi) is 5.90. The minimum Gasteiger partial charge on any atom is -0.336 e. The van der Waals surface area contributed by atoms with Crippen molar-refractivity contribution in [2.24, 2.45) is 0 Å². The molecule has 3 heteroatoms. The maximum absolute atomic E-state index is 11.9. The Labute approximate surface area is 122 Å². The molecular weight excluding hydrogens is 248 g/mol. The van der Waals surface area contributed by atoms with Crippen molar-refractivity contribution in [2.45, 2.75) is 51.5 Å². The third-order valence-corrected chi connectivity index (χ3v) is 4.02. The molecule has 2 amide bonds. The van der Waals surface area contributed by atoms with Gasteiger partial charge in [-0.25, -0.2) is 4.79 Å². The van der Waals surface area contributed by atoms with Gasteiger partial charge in [0.2, 0.25) is 0 Å². The molecule has 1 aromatic rings. The minimum atomic E-state index is 0.0902. The normalized spacial score (nSPS) is 18.4. The Bertz CT molecular complexity index is 405. The summed E-state index contributed by atoms with van der Waals surface area (Å²) in [5.41, 5.74) is 1.23. The molecule has 0 spiro atoms. The van der Waals surface area contributed by atoms with Crippen molar-refractivity contribution >= 4 is 6.03 Å². The molecule has 1 unspecified atom stereocenters. The quantitative estimate of drug-likeness (QED) is 0.711. The van der Waals surface area contributed by atoms with E-state index in [1.807, 2.05) is 23.1 Å². The van der Waals surface area contributed by atoms with Gasteiger partial charge in [0, 0.05) is 13.1 Å². The molecule has 3 nitrogen and oxygen atoms in total. The van der Waals surface area contributed by atoms with Crippen LogP contribution >= 0.6 is 0 Å². The first-order valence-corrected chi connectivity index (χ1v) is 7.92. The summed E-state index contributed by atoms with van der Waals surface area (Å²) in [6.45, 7) is 3.84. The Hall–Kier alpha value is -1.51. The summed E-state index contributed by atoms with van der Waals surface area (Å²) in [5, 5.41) is 2.97. The highest BCUT2D eigenvalue weighted by Crippen LogP contribution is 2.24. The fourth-order valence-corrected chi connectivity index (χ4v) is 2.83. The van der Waals surface area contributed by atoms with Crippen LogP contribution in [0.5, 0.6) is 0 Å². The molecule has 1 atom stereocenters. The summed E-state index contributed by atoms with van der Waals surface area (Å²) in [6.07, 6.45) is 7.57. The van der Waals surface area contributed by atoms with Gasteiger partial charge in [0.15, 0.2) is 0 Å². The summed E-state index contributed by atoms with van der Waals surface area (Å²) in [7, 11) is 0. The van der Waals surface area contributed by atoms with Crippen molar-refractivity contribution in [3.63, 3.8) is 0 Å². The smallest absolute Gasteiger partial charge is 0.318 e. The van der Waals surface area contributed by atoms with Crippen LogP contribution in [0.1, 0.15) is 57.1 Å². The molecule has 0 radical (unpaired) electrons. The van der Waals surface area contributed by atoms with E-state index in [1.165, 1.54) is 37.7 Å². The molecule has 0 saturated carbocycles. The molecular formula is C17H26N2O. The van der Waals surface area contributed by atoms with E-state index in [0.29, 0.717) is 0 Å². The summed E-state index contributed by atoms with van der Waals surface area (Å²) >= 11 is 0. The van der Waals surface area contributed by atoms with Crippen molar-refractivity contribution in [2.75, 3.05) is 13.1 Å².